The summed E-state index contributed by atoms with van der Waals surface area (Å²) in [7, 11) is -3.49. The number of rotatable bonds is 7. The van der Waals surface area contributed by atoms with E-state index in [9.17, 15) is 8.42 Å². The van der Waals surface area contributed by atoms with Crippen LogP contribution in [0.5, 0.6) is 0 Å². The lowest BCUT2D eigenvalue weighted by molar-refractivity contribution is 0.260. The zero-order chi connectivity index (χ0) is 12.9. The molecule has 0 fully saturated rings. The minimum Gasteiger partial charge on any atom is -0.395 e. The molecule has 0 unspecified atom stereocenters. The van der Waals surface area contributed by atoms with Gasteiger partial charge in [0.15, 0.2) is 0 Å². The number of aliphatic hydroxyl groups excluding tert-OH is 1. The quantitative estimate of drug-likeness (QED) is 0.767. The predicted molar refractivity (Wildman–Crippen MR) is 69.7 cm³/mol. The molecule has 0 aliphatic carbocycles. The fourth-order valence-corrected chi connectivity index (χ4v) is 4.23. The van der Waals surface area contributed by atoms with Gasteiger partial charge in [0.25, 0.3) is 10.0 Å². The number of hydrogen-bond donors (Lipinski definition) is 1. The zero-order valence-corrected chi connectivity index (χ0v) is 11.4. The number of aliphatic hydroxyl groups is 1. The molecule has 0 radical (unpaired) electrons. The van der Waals surface area contributed by atoms with Crippen molar-refractivity contribution in [3.8, 4) is 0 Å². The van der Waals surface area contributed by atoms with Crippen LogP contribution in [-0.4, -0.2) is 37.5 Å². The summed E-state index contributed by atoms with van der Waals surface area (Å²) < 4.78 is 26.0. The first-order valence-corrected chi connectivity index (χ1v) is 7.62. The van der Waals surface area contributed by atoms with Gasteiger partial charge in [0, 0.05) is 18.0 Å². The molecule has 17 heavy (non-hydrogen) atoms. The van der Waals surface area contributed by atoms with Crippen molar-refractivity contribution >= 4 is 21.4 Å². The third-order valence-electron chi connectivity index (χ3n) is 2.26. The number of thiophene rings is 1. The highest BCUT2D eigenvalue weighted by Gasteiger charge is 2.24. The van der Waals surface area contributed by atoms with Crippen LogP contribution in [0.2, 0.25) is 0 Å². The molecule has 1 aromatic rings. The Morgan fingerprint density at radius 3 is 2.71 bits per heavy atom. The first-order valence-electron chi connectivity index (χ1n) is 5.36. The van der Waals surface area contributed by atoms with Crippen LogP contribution in [0.15, 0.2) is 29.0 Å². The largest absolute Gasteiger partial charge is 0.395 e. The molecule has 1 N–H and O–H groups in total. The molecule has 0 spiro atoms. The second-order valence-electron chi connectivity index (χ2n) is 3.45. The molecule has 1 rings (SSSR count). The van der Waals surface area contributed by atoms with Crippen LogP contribution >= 0.6 is 11.3 Å². The molecule has 0 aliphatic rings. The normalized spacial score (nSPS) is 11.9. The molecule has 0 bridgehead atoms. The Morgan fingerprint density at radius 1 is 1.53 bits per heavy atom. The van der Waals surface area contributed by atoms with Crippen molar-refractivity contribution < 1.29 is 13.5 Å². The summed E-state index contributed by atoms with van der Waals surface area (Å²) in [6.07, 6.45) is 2.34. The summed E-state index contributed by atoms with van der Waals surface area (Å²) in [6, 6.07) is 3.44. The molecule has 6 heteroatoms. The summed E-state index contributed by atoms with van der Waals surface area (Å²) in [5.41, 5.74) is 0. The van der Waals surface area contributed by atoms with Crippen LogP contribution in [0.4, 0.5) is 0 Å². The average Bonchev–Trinajstić information content (AvgIpc) is 2.78. The number of hydrogen-bond acceptors (Lipinski definition) is 4. The Labute approximate surface area is 106 Å². The molecule has 0 amide bonds. The molecule has 0 aliphatic heterocycles. The first kappa shape index (κ1) is 14.4. The Kier molecular flexibility index (Phi) is 5.32. The number of nitrogens with zero attached hydrogens (tertiary/aromatic N) is 1. The van der Waals surface area contributed by atoms with Crippen molar-refractivity contribution in [1.82, 2.24) is 4.31 Å². The first-order chi connectivity index (χ1) is 8.06. The van der Waals surface area contributed by atoms with Gasteiger partial charge in [0.05, 0.1) is 6.61 Å². The maximum atomic E-state index is 12.2. The molecular formula is C11H17NO3S2. The second kappa shape index (κ2) is 6.30. The highest BCUT2D eigenvalue weighted by atomic mass is 32.2. The van der Waals surface area contributed by atoms with Gasteiger partial charge in [-0.3, -0.25) is 0 Å². The van der Waals surface area contributed by atoms with Crippen LogP contribution in [-0.2, 0) is 16.4 Å². The second-order valence-corrected chi connectivity index (χ2v) is 6.78. The van der Waals surface area contributed by atoms with E-state index in [0.717, 1.165) is 11.3 Å². The Balaban J connectivity index is 3.02. The minimum absolute atomic E-state index is 0.0910. The molecule has 0 saturated heterocycles. The van der Waals surface area contributed by atoms with E-state index >= 15 is 0 Å². The van der Waals surface area contributed by atoms with Crippen molar-refractivity contribution in [3.63, 3.8) is 0 Å². The lowest BCUT2D eigenvalue weighted by atomic mass is 10.4. The van der Waals surface area contributed by atoms with Gasteiger partial charge in [0.1, 0.15) is 4.21 Å². The van der Waals surface area contributed by atoms with E-state index in [1.54, 1.807) is 6.07 Å². The molecule has 0 atom stereocenters. The highest BCUT2D eigenvalue weighted by Crippen LogP contribution is 2.25. The fourth-order valence-electron chi connectivity index (χ4n) is 1.38. The molecule has 4 nitrogen and oxygen atoms in total. The van der Waals surface area contributed by atoms with E-state index in [4.69, 9.17) is 5.11 Å². The standard InChI is InChI=1S/C11H17NO3S2/c1-3-7-12(8-9-13)17(14,15)11-6-5-10(4-2)16-11/h3,5-6,13H,1,4,7-9H2,2H3. The molecule has 0 saturated carbocycles. The van der Waals surface area contributed by atoms with Crippen LogP contribution in [0.25, 0.3) is 0 Å². The van der Waals surface area contributed by atoms with Crippen molar-refractivity contribution in [3.05, 3.63) is 29.7 Å². The van der Waals surface area contributed by atoms with E-state index in [1.165, 1.54) is 21.7 Å². The molecule has 96 valence electrons. The average molecular weight is 275 g/mol. The van der Waals surface area contributed by atoms with Gasteiger partial charge in [-0.25, -0.2) is 8.42 Å². The molecule has 0 aromatic carbocycles. The molecular weight excluding hydrogens is 258 g/mol. The highest BCUT2D eigenvalue weighted by molar-refractivity contribution is 7.91. The molecule has 1 aromatic heterocycles. The lowest BCUT2D eigenvalue weighted by Crippen LogP contribution is -2.33. The monoisotopic (exact) mass is 275 g/mol. The number of aryl methyl sites for hydroxylation is 1. The lowest BCUT2D eigenvalue weighted by Gasteiger charge is -2.18. The van der Waals surface area contributed by atoms with Crippen molar-refractivity contribution in [2.24, 2.45) is 0 Å². The smallest absolute Gasteiger partial charge is 0.252 e. The van der Waals surface area contributed by atoms with Gasteiger partial charge < -0.3 is 5.11 Å². The summed E-state index contributed by atoms with van der Waals surface area (Å²) in [6.45, 7) is 5.62. The maximum Gasteiger partial charge on any atom is 0.252 e. The third kappa shape index (κ3) is 3.38. The van der Waals surface area contributed by atoms with E-state index in [-0.39, 0.29) is 19.7 Å². The third-order valence-corrected chi connectivity index (χ3v) is 5.82. The van der Waals surface area contributed by atoms with Crippen LogP contribution < -0.4 is 0 Å². The molecule has 1 heterocycles. The van der Waals surface area contributed by atoms with Crippen molar-refractivity contribution in [2.45, 2.75) is 17.6 Å². The van der Waals surface area contributed by atoms with Gasteiger partial charge in [-0.05, 0) is 18.6 Å². The van der Waals surface area contributed by atoms with E-state index < -0.39 is 10.0 Å². The Hall–Kier alpha value is -0.690. The number of sulfonamides is 1. The van der Waals surface area contributed by atoms with Crippen LogP contribution in [0, 0.1) is 0 Å². The Bertz CT molecular complexity index is 465. The van der Waals surface area contributed by atoms with E-state index in [1.807, 2.05) is 13.0 Å². The predicted octanol–water partition coefficient (Wildman–Crippen LogP) is 1.48. The van der Waals surface area contributed by atoms with Crippen molar-refractivity contribution in [2.75, 3.05) is 19.7 Å². The van der Waals surface area contributed by atoms with E-state index in [2.05, 4.69) is 6.58 Å². The summed E-state index contributed by atoms with van der Waals surface area (Å²) in [4.78, 5) is 1.03. The van der Waals surface area contributed by atoms with Gasteiger partial charge in [-0.2, -0.15) is 4.31 Å². The zero-order valence-electron chi connectivity index (χ0n) is 9.80. The topological polar surface area (TPSA) is 57.6 Å². The summed E-state index contributed by atoms with van der Waals surface area (Å²) in [5.74, 6) is 0. The van der Waals surface area contributed by atoms with E-state index in [0.29, 0.717) is 4.21 Å². The summed E-state index contributed by atoms with van der Waals surface area (Å²) >= 11 is 1.27. The van der Waals surface area contributed by atoms with Gasteiger partial charge >= 0.3 is 0 Å². The summed E-state index contributed by atoms with van der Waals surface area (Å²) in [5, 5.41) is 8.89. The minimum atomic E-state index is -3.49. The Morgan fingerprint density at radius 2 is 2.24 bits per heavy atom. The van der Waals surface area contributed by atoms with Gasteiger partial charge in [-0.1, -0.05) is 13.0 Å². The van der Waals surface area contributed by atoms with Crippen LogP contribution in [0.1, 0.15) is 11.8 Å². The van der Waals surface area contributed by atoms with Gasteiger partial charge in [-0.15, -0.1) is 17.9 Å². The maximum absolute atomic E-state index is 12.2. The van der Waals surface area contributed by atoms with Crippen LogP contribution in [0.3, 0.4) is 0 Å². The SMILES string of the molecule is C=CCN(CCO)S(=O)(=O)c1ccc(CC)s1. The van der Waals surface area contributed by atoms with Gasteiger partial charge in [0.2, 0.25) is 0 Å². The van der Waals surface area contributed by atoms with Crippen molar-refractivity contribution in [1.29, 1.82) is 0 Å². The fraction of sp³-hybridized carbons (Fsp3) is 0.455.